The molecular formula is C18H24N4O. The van der Waals surface area contributed by atoms with Crippen LogP contribution in [0.2, 0.25) is 0 Å². The van der Waals surface area contributed by atoms with Crippen LogP contribution in [0.15, 0.2) is 30.5 Å². The monoisotopic (exact) mass is 312 g/mol. The molecule has 122 valence electrons. The first-order valence-electron chi connectivity index (χ1n) is 8.39. The van der Waals surface area contributed by atoms with E-state index < -0.39 is 0 Å². The Balaban J connectivity index is 1.79. The second-order valence-electron chi connectivity index (χ2n) is 6.32. The minimum atomic E-state index is 0.233. The molecule has 1 aliphatic rings. The molecule has 0 saturated heterocycles. The Hall–Kier alpha value is -2.01. The SMILES string of the molecule is CCc1cc(NCC2(CCO)CCC2)nc(-c2ccccn2)n1. The highest BCUT2D eigenvalue weighted by molar-refractivity contribution is 5.53. The van der Waals surface area contributed by atoms with Crippen LogP contribution < -0.4 is 5.32 Å². The fourth-order valence-electron chi connectivity index (χ4n) is 3.09. The number of aromatic nitrogens is 3. The summed E-state index contributed by atoms with van der Waals surface area (Å²) in [7, 11) is 0. The second-order valence-corrected chi connectivity index (χ2v) is 6.32. The van der Waals surface area contributed by atoms with Crippen LogP contribution in [0.1, 0.15) is 38.3 Å². The summed E-state index contributed by atoms with van der Waals surface area (Å²) in [6, 6.07) is 7.78. The van der Waals surface area contributed by atoms with Crippen molar-refractivity contribution in [3.63, 3.8) is 0 Å². The van der Waals surface area contributed by atoms with Crippen LogP contribution in [0.4, 0.5) is 5.82 Å². The number of aryl methyl sites for hydroxylation is 1. The summed E-state index contributed by atoms with van der Waals surface area (Å²) in [5.74, 6) is 1.51. The van der Waals surface area contributed by atoms with Crippen LogP contribution >= 0.6 is 0 Å². The zero-order chi connectivity index (χ0) is 16.1. The quantitative estimate of drug-likeness (QED) is 0.822. The zero-order valence-electron chi connectivity index (χ0n) is 13.6. The molecule has 23 heavy (non-hydrogen) atoms. The van der Waals surface area contributed by atoms with E-state index in [1.54, 1.807) is 6.20 Å². The summed E-state index contributed by atoms with van der Waals surface area (Å²) in [4.78, 5) is 13.6. The standard InChI is InChI=1S/C18H24N4O/c1-2-14-12-16(20-13-18(9-11-23)7-5-8-18)22-17(21-14)15-6-3-4-10-19-15/h3-4,6,10,12,23H,2,5,7-9,11,13H2,1H3,(H,20,21,22). The zero-order valence-corrected chi connectivity index (χ0v) is 13.6. The van der Waals surface area contributed by atoms with Gasteiger partial charge < -0.3 is 10.4 Å². The number of anilines is 1. The van der Waals surface area contributed by atoms with Crippen LogP contribution in [0.3, 0.4) is 0 Å². The van der Waals surface area contributed by atoms with Gasteiger partial charge in [0.2, 0.25) is 0 Å². The van der Waals surface area contributed by atoms with Gasteiger partial charge >= 0.3 is 0 Å². The van der Waals surface area contributed by atoms with Crippen molar-refractivity contribution in [1.82, 2.24) is 15.0 Å². The molecular weight excluding hydrogens is 288 g/mol. The molecule has 2 N–H and O–H groups in total. The van der Waals surface area contributed by atoms with Gasteiger partial charge in [-0.25, -0.2) is 9.97 Å². The number of aliphatic hydroxyl groups is 1. The lowest BCUT2D eigenvalue weighted by molar-refractivity contribution is 0.102. The molecule has 2 aromatic rings. The van der Waals surface area contributed by atoms with Gasteiger partial charge in [-0.3, -0.25) is 4.98 Å². The van der Waals surface area contributed by atoms with Gasteiger partial charge in [-0.15, -0.1) is 0 Å². The summed E-state index contributed by atoms with van der Waals surface area (Å²) in [5, 5.41) is 12.7. The minimum absolute atomic E-state index is 0.233. The van der Waals surface area contributed by atoms with Gasteiger partial charge in [0, 0.05) is 31.1 Å². The molecule has 5 nitrogen and oxygen atoms in total. The van der Waals surface area contributed by atoms with E-state index in [1.165, 1.54) is 19.3 Å². The lowest BCUT2D eigenvalue weighted by Gasteiger charge is -2.42. The molecule has 3 rings (SSSR count). The number of hydrogen-bond acceptors (Lipinski definition) is 5. The smallest absolute Gasteiger partial charge is 0.180 e. The topological polar surface area (TPSA) is 70.9 Å². The molecule has 1 fully saturated rings. The van der Waals surface area contributed by atoms with E-state index in [2.05, 4.69) is 27.2 Å². The van der Waals surface area contributed by atoms with Crippen molar-refractivity contribution in [1.29, 1.82) is 0 Å². The molecule has 0 spiro atoms. The number of hydrogen-bond donors (Lipinski definition) is 2. The molecule has 0 aromatic carbocycles. The fourth-order valence-corrected chi connectivity index (χ4v) is 3.09. The highest BCUT2D eigenvalue weighted by Gasteiger charge is 2.36. The normalized spacial score (nSPS) is 15.9. The van der Waals surface area contributed by atoms with Gasteiger partial charge in [-0.05, 0) is 43.2 Å². The molecule has 1 saturated carbocycles. The average Bonchev–Trinajstić information content (AvgIpc) is 2.57. The average molecular weight is 312 g/mol. The Labute approximate surface area is 137 Å². The van der Waals surface area contributed by atoms with E-state index in [4.69, 9.17) is 0 Å². The van der Waals surface area contributed by atoms with Crippen molar-refractivity contribution < 1.29 is 5.11 Å². The predicted octanol–water partition coefficient (Wildman–Crippen LogP) is 3.07. The van der Waals surface area contributed by atoms with E-state index in [1.807, 2.05) is 24.3 Å². The number of aliphatic hydroxyl groups excluding tert-OH is 1. The van der Waals surface area contributed by atoms with Crippen LogP contribution in [0, 0.1) is 5.41 Å². The largest absolute Gasteiger partial charge is 0.396 e. The summed E-state index contributed by atoms with van der Waals surface area (Å²) in [5.41, 5.74) is 2.03. The van der Waals surface area contributed by atoms with Crippen molar-refractivity contribution in [3.05, 3.63) is 36.2 Å². The molecule has 2 aromatic heterocycles. The molecule has 0 atom stereocenters. The van der Waals surface area contributed by atoms with E-state index in [-0.39, 0.29) is 12.0 Å². The highest BCUT2D eigenvalue weighted by Crippen LogP contribution is 2.43. The van der Waals surface area contributed by atoms with Gasteiger partial charge in [0.15, 0.2) is 5.82 Å². The fraction of sp³-hybridized carbons (Fsp3) is 0.500. The maximum atomic E-state index is 9.28. The molecule has 0 unspecified atom stereocenters. The van der Waals surface area contributed by atoms with Crippen molar-refractivity contribution in [2.24, 2.45) is 5.41 Å². The van der Waals surface area contributed by atoms with Crippen LogP contribution in [-0.4, -0.2) is 33.2 Å². The van der Waals surface area contributed by atoms with E-state index in [9.17, 15) is 5.11 Å². The molecule has 0 amide bonds. The third-order valence-electron chi connectivity index (χ3n) is 4.74. The van der Waals surface area contributed by atoms with Gasteiger partial charge in [-0.1, -0.05) is 19.4 Å². The predicted molar refractivity (Wildman–Crippen MR) is 91.1 cm³/mol. The summed E-state index contributed by atoms with van der Waals surface area (Å²) >= 11 is 0. The van der Waals surface area contributed by atoms with Gasteiger partial charge in [-0.2, -0.15) is 0 Å². The van der Waals surface area contributed by atoms with Crippen molar-refractivity contribution in [2.75, 3.05) is 18.5 Å². The van der Waals surface area contributed by atoms with Gasteiger partial charge in [0.25, 0.3) is 0 Å². The molecule has 2 heterocycles. The van der Waals surface area contributed by atoms with Crippen molar-refractivity contribution in [2.45, 2.75) is 39.0 Å². The summed E-state index contributed by atoms with van der Waals surface area (Å²) in [6.07, 6.45) is 7.09. The molecule has 1 aliphatic carbocycles. The van der Waals surface area contributed by atoms with E-state index >= 15 is 0 Å². The Morgan fingerprint density at radius 3 is 2.74 bits per heavy atom. The minimum Gasteiger partial charge on any atom is -0.396 e. The number of pyridine rings is 1. The van der Waals surface area contributed by atoms with Gasteiger partial charge in [0.05, 0.1) is 0 Å². The van der Waals surface area contributed by atoms with Crippen molar-refractivity contribution >= 4 is 5.82 Å². The number of rotatable bonds is 7. The van der Waals surface area contributed by atoms with E-state index in [0.29, 0.717) is 5.82 Å². The Morgan fingerprint density at radius 2 is 2.13 bits per heavy atom. The van der Waals surface area contributed by atoms with Gasteiger partial charge in [0.1, 0.15) is 11.5 Å². The van der Waals surface area contributed by atoms with E-state index in [0.717, 1.165) is 36.6 Å². The number of nitrogens with zero attached hydrogens (tertiary/aromatic N) is 3. The lowest BCUT2D eigenvalue weighted by atomic mass is 9.67. The maximum Gasteiger partial charge on any atom is 0.180 e. The third kappa shape index (κ3) is 3.67. The number of nitrogens with one attached hydrogen (secondary N) is 1. The Kier molecular flexibility index (Phi) is 4.86. The maximum absolute atomic E-state index is 9.28. The first-order chi connectivity index (χ1) is 11.2. The molecule has 0 bridgehead atoms. The molecule has 5 heteroatoms. The molecule has 0 radical (unpaired) electrons. The van der Waals surface area contributed by atoms with Crippen molar-refractivity contribution in [3.8, 4) is 11.5 Å². The summed E-state index contributed by atoms with van der Waals surface area (Å²) < 4.78 is 0. The first kappa shape index (κ1) is 15.9. The Morgan fingerprint density at radius 1 is 1.26 bits per heavy atom. The molecule has 0 aliphatic heterocycles. The van der Waals surface area contributed by atoms with Crippen LogP contribution in [0.25, 0.3) is 11.5 Å². The lowest BCUT2D eigenvalue weighted by Crippen LogP contribution is -2.37. The summed E-state index contributed by atoms with van der Waals surface area (Å²) in [6.45, 7) is 3.20. The first-order valence-corrected chi connectivity index (χ1v) is 8.39. The second kappa shape index (κ2) is 7.04. The Bertz CT molecular complexity index is 641. The highest BCUT2D eigenvalue weighted by atomic mass is 16.3. The van der Waals surface area contributed by atoms with Crippen LogP contribution in [0.5, 0.6) is 0 Å². The van der Waals surface area contributed by atoms with Crippen LogP contribution in [-0.2, 0) is 6.42 Å². The third-order valence-corrected chi connectivity index (χ3v) is 4.74.